The molecule has 1 unspecified atom stereocenters. The number of likely N-dealkylation sites (N-methyl/N-ethyl adjacent to an activating group) is 1. The maximum absolute atomic E-state index is 14.6. The van der Waals surface area contributed by atoms with Crippen molar-refractivity contribution in [3.05, 3.63) is 71.8 Å². The monoisotopic (exact) mass is 492 g/mol. The van der Waals surface area contributed by atoms with E-state index < -0.39 is 48.0 Å². The van der Waals surface area contributed by atoms with Crippen LogP contribution in [0, 0.1) is 11.2 Å². The van der Waals surface area contributed by atoms with Gasteiger partial charge in [0.1, 0.15) is 24.4 Å². The molecule has 0 fully saturated rings. The third-order valence-electron chi connectivity index (χ3n) is 5.13. The highest BCUT2D eigenvalue weighted by molar-refractivity contribution is 6.00. The van der Waals surface area contributed by atoms with Crippen LogP contribution in [-0.4, -0.2) is 57.6 Å². The van der Waals surface area contributed by atoms with E-state index in [2.05, 4.69) is 14.7 Å². The van der Waals surface area contributed by atoms with Gasteiger partial charge in [-0.05, 0) is 29.3 Å². The number of aromatic nitrogens is 3. The van der Waals surface area contributed by atoms with Crippen molar-refractivity contribution in [3.63, 3.8) is 0 Å². The number of hydrogen-bond acceptors (Lipinski definition) is 6. The van der Waals surface area contributed by atoms with Crippen LogP contribution in [0.5, 0.6) is 0 Å². The van der Waals surface area contributed by atoms with E-state index in [1.165, 1.54) is 37.9 Å². The summed E-state index contributed by atoms with van der Waals surface area (Å²) in [7, 11) is 2.22. The second kappa shape index (κ2) is 9.91. The Morgan fingerprint density at radius 1 is 1.20 bits per heavy atom. The van der Waals surface area contributed by atoms with Gasteiger partial charge in [0, 0.05) is 36.8 Å². The predicted octanol–water partition coefficient (Wildman–Crippen LogP) is 2.92. The van der Waals surface area contributed by atoms with Gasteiger partial charge in [-0.15, -0.1) is 0 Å². The molecule has 2 aromatic heterocycles. The van der Waals surface area contributed by atoms with Crippen LogP contribution in [0.4, 0.5) is 17.6 Å². The molecule has 3 rings (SSSR count). The third kappa shape index (κ3) is 5.62. The molecule has 9 nitrogen and oxygen atoms in total. The van der Waals surface area contributed by atoms with Crippen molar-refractivity contribution in [2.45, 2.75) is 18.6 Å². The molecule has 0 saturated carbocycles. The van der Waals surface area contributed by atoms with E-state index in [9.17, 15) is 27.2 Å². The van der Waals surface area contributed by atoms with Crippen molar-refractivity contribution in [1.29, 1.82) is 5.41 Å². The number of halogens is 4. The molecule has 1 atom stereocenters. The lowest BCUT2D eigenvalue weighted by Crippen LogP contribution is -2.41. The number of amides is 1. The average Bonchev–Trinajstić information content (AvgIpc) is 3.20. The number of methoxy groups -OCH3 is 1. The van der Waals surface area contributed by atoms with Gasteiger partial charge in [0.05, 0.1) is 13.0 Å². The van der Waals surface area contributed by atoms with Gasteiger partial charge in [-0.1, -0.05) is 6.07 Å². The number of carbonyl (C=O) groups excluding carboxylic acids is 2. The number of benzene rings is 1. The first-order chi connectivity index (χ1) is 16.4. The molecule has 1 amide bonds. The Morgan fingerprint density at radius 3 is 2.43 bits per heavy atom. The lowest BCUT2D eigenvalue weighted by molar-refractivity contribution is -0.140. The molecule has 3 N–H and O–H groups in total. The zero-order chi connectivity index (χ0) is 25.9. The zero-order valence-electron chi connectivity index (χ0n) is 18.5. The summed E-state index contributed by atoms with van der Waals surface area (Å²) >= 11 is 0. The van der Waals surface area contributed by atoms with E-state index in [1.807, 2.05) is 0 Å². The molecule has 0 saturated heterocycles. The topological polar surface area (TPSA) is 127 Å². The zero-order valence-corrected chi connectivity index (χ0v) is 18.5. The molecular formula is C22H20F4N6O3. The van der Waals surface area contributed by atoms with Gasteiger partial charge >= 0.3 is 12.1 Å². The first-order valence-corrected chi connectivity index (χ1v) is 9.94. The summed E-state index contributed by atoms with van der Waals surface area (Å²) < 4.78 is 59.3. The van der Waals surface area contributed by atoms with Crippen LogP contribution in [0.25, 0.3) is 11.1 Å². The Bertz CT molecular complexity index is 1260. The molecule has 35 heavy (non-hydrogen) atoms. The van der Waals surface area contributed by atoms with Crippen molar-refractivity contribution in [2.75, 3.05) is 14.2 Å². The predicted molar refractivity (Wildman–Crippen MR) is 116 cm³/mol. The molecule has 1 aromatic carbocycles. The van der Waals surface area contributed by atoms with Crippen molar-refractivity contribution in [1.82, 2.24) is 19.4 Å². The van der Waals surface area contributed by atoms with Gasteiger partial charge in [-0.3, -0.25) is 15.1 Å². The number of nitrogens with zero attached hydrogens (tertiary/aromatic N) is 4. The molecule has 0 spiro atoms. The minimum atomic E-state index is -4.68. The molecule has 2 heterocycles. The first-order valence-electron chi connectivity index (χ1n) is 9.94. The molecule has 184 valence electrons. The van der Waals surface area contributed by atoms with Gasteiger partial charge in [0.25, 0.3) is 0 Å². The number of alkyl halides is 3. The summed E-state index contributed by atoms with van der Waals surface area (Å²) in [6.07, 6.45) is 0.263. The van der Waals surface area contributed by atoms with Gasteiger partial charge in [0.15, 0.2) is 5.96 Å². The fraction of sp³-hybridized carbons (Fsp3) is 0.227. The molecule has 0 aliphatic rings. The summed E-state index contributed by atoms with van der Waals surface area (Å²) in [6, 6.07) is 4.77. The lowest BCUT2D eigenvalue weighted by atomic mass is 9.89. The normalized spacial score (nSPS) is 12.2. The van der Waals surface area contributed by atoms with E-state index >= 15 is 0 Å². The largest absolute Gasteiger partial charge is 0.464 e. The van der Waals surface area contributed by atoms with E-state index in [0.29, 0.717) is 10.1 Å². The molecule has 0 bridgehead atoms. The number of esters is 1. The van der Waals surface area contributed by atoms with Crippen LogP contribution < -0.4 is 5.73 Å². The molecule has 0 radical (unpaired) electrons. The van der Waals surface area contributed by atoms with E-state index in [4.69, 9.17) is 11.1 Å². The first kappa shape index (κ1) is 25.3. The number of carbonyl (C=O) groups is 2. The third-order valence-corrected chi connectivity index (χ3v) is 5.13. The Labute approximate surface area is 196 Å². The van der Waals surface area contributed by atoms with Gasteiger partial charge in [-0.2, -0.15) is 13.2 Å². The Hall–Kier alpha value is -4.29. The summed E-state index contributed by atoms with van der Waals surface area (Å²) in [5, 5.41) is 7.60. The van der Waals surface area contributed by atoms with Gasteiger partial charge in [0.2, 0.25) is 5.91 Å². The number of hydrogen-bond donors (Lipinski definition) is 2. The van der Waals surface area contributed by atoms with Crippen LogP contribution in [0.2, 0.25) is 0 Å². The van der Waals surface area contributed by atoms with Crippen molar-refractivity contribution in [2.24, 2.45) is 5.73 Å². The molecule has 13 heteroatoms. The molecular weight excluding hydrogens is 472 g/mol. The molecule has 0 aliphatic carbocycles. The van der Waals surface area contributed by atoms with Crippen molar-refractivity contribution >= 4 is 17.8 Å². The van der Waals surface area contributed by atoms with Gasteiger partial charge < -0.3 is 15.0 Å². The smallest absolute Gasteiger partial charge is 0.406 e. The fourth-order valence-electron chi connectivity index (χ4n) is 3.46. The number of nitrogens with one attached hydrogen (secondary N) is 1. The second-order valence-corrected chi connectivity index (χ2v) is 7.48. The van der Waals surface area contributed by atoms with E-state index in [1.54, 1.807) is 0 Å². The minimum Gasteiger partial charge on any atom is -0.464 e. The summed E-state index contributed by atoms with van der Waals surface area (Å²) in [5.41, 5.74) is 5.49. The van der Waals surface area contributed by atoms with Crippen LogP contribution in [0.1, 0.15) is 27.5 Å². The number of guanidine groups is 1. The Kier molecular flexibility index (Phi) is 7.17. The molecule has 3 aromatic rings. The van der Waals surface area contributed by atoms with E-state index in [0.717, 1.165) is 30.3 Å². The lowest BCUT2D eigenvalue weighted by Gasteiger charge is -2.23. The van der Waals surface area contributed by atoms with Crippen LogP contribution in [0.15, 0.2) is 49.2 Å². The summed E-state index contributed by atoms with van der Waals surface area (Å²) in [5.74, 6) is -4.46. The maximum atomic E-state index is 14.6. The Balaban J connectivity index is 2.22. The highest BCUT2D eigenvalue weighted by Crippen LogP contribution is 2.33. The number of ether oxygens (including phenoxy) is 1. The maximum Gasteiger partial charge on any atom is 0.406 e. The van der Waals surface area contributed by atoms with Crippen LogP contribution in [0.3, 0.4) is 0 Å². The average molecular weight is 492 g/mol. The number of rotatable bonds is 6. The van der Waals surface area contributed by atoms with Crippen LogP contribution >= 0.6 is 0 Å². The standard InChI is InChI=1S/C22H20F4N6O3/c1-31(21(27)28)19(33)18(12-3-4-16(23)15(5-12)14-7-29-11-30-8-14)13-6-17(20(34)35-2)32(9-13)10-22(24,25)26/h3-9,11,18H,10H2,1-2H3,(H3,27,28). The van der Waals surface area contributed by atoms with Crippen molar-refractivity contribution in [3.8, 4) is 11.1 Å². The summed E-state index contributed by atoms with van der Waals surface area (Å²) in [6.45, 7) is -1.52. The van der Waals surface area contributed by atoms with Gasteiger partial charge in [-0.25, -0.2) is 19.2 Å². The van der Waals surface area contributed by atoms with Crippen LogP contribution in [-0.2, 0) is 16.1 Å². The minimum absolute atomic E-state index is 0.0189. The number of nitrogens with two attached hydrogens (primary N) is 1. The highest BCUT2D eigenvalue weighted by atomic mass is 19.4. The Morgan fingerprint density at radius 2 is 1.86 bits per heavy atom. The molecule has 0 aliphatic heterocycles. The second-order valence-electron chi connectivity index (χ2n) is 7.48. The SMILES string of the molecule is COC(=O)c1cc(C(C(=O)N(C)C(=N)N)c2ccc(F)c(-c3cncnc3)c2)cn1CC(F)(F)F. The van der Waals surface area contributed by atoms with Crippen molar-refractivity contribution < 1.29 is 31.9 Å². The van der Waals surface area contributed by atoms with E-state index in [-0.39, 0.29) is 16.7 Å². The highest BCUT2D eigenvalue weighted by Gasteiger charge is 2.34. The fourth-order valence-corrected chi connectivity index (χ4v) is 3.46. The summed E-state index contributed by atoms with van der Waals surface area (Å²) in [4.78, 5) is 33.9. The quantitative estimate of drug-likeness (QED) is 0.236.